The van der Waals surface area contributed by atoms with Crippen LogP contribution in [0.3, 0.4) is 0 Å². The molecule has 9 heteroatoms. The number of benzene rings is 1. The molecule has 2 aromatic rings. The summed E-state index contributed by atoms with van der Waals surface area (Å²) in [5, 5.41) is 3.46. The molecule has 7 nitrogen and oxygen atoms in total. The molecular weight excluding hydrogens is 521 g/mol. The zero-order valence-electron chi connectivity index (χ0n) is 18.1. The molecule has 0 aliphatic carbocycles. The lowest BCUT2D eigenvalue weighted by Crippen LogP contribution is -2.52. The van der Waals surface area contributed by atoms with E-state index >= 15 is 0 Å². The number of aromatic nitrogens is 2. The van der Waals surface area contributed by atoms with E-state index in [4.69, 9.17) is 4.99 Å². The summed E-state index contributed by atoms with van der Waals surface area (Å²) in [6.45, 7) is 9.60. The van der Waals surface area contributed by atoms with Gasteiger partial charge in [0.2, 0.25) is 5.95 Å². The molecule has 0 atom stereocenters. The van der Waals surface area contributed by atoms with Crippen LogP contribution in [0, 0.1) is 0 Å². The maximum Gasteiger partial charge on any atom is 0.225 e. The lowest BCUT2D eigenvalue weighted by Gasteiger charge is -2.36. The lowest BCUT2D eigenvalue weighted by atomic mass is 10.2. The summed E-state index contributed by atoms with van der Waals surface area (Å²) in [6.07, 6.45) is 3.60. The molecule has 1 N–H and O–H groups in total. The fourth-order valence-corrected chi connectivity index (χ4v) is 4.70. The Kier molecular flexibility index (Phi) is 9.51. The van der Waals surface area contributed by atoms with Gasteiger partial charge in [-0.3, -0.25) is 0 Å². The molecule has 0 radical (unpaired) electrons. The second kappa shape index (κ2) is 12.3. The van der Waals surface area contributed by atoms with Crippen LogP contribution in [-0.2, 0) is 6.54 Å². The maximum atomic E-state index is 4.91. The molecule has 2 saturated heterocycles. The van der Waals surface area contributed by atoms with Gasteiger partial charge in [-0.2, -0.15) is 11.8 Å². The number of thioether (sulfide) groups is 1. The highest BCUT2D eigenvalue weighted by molar-refractivity contribution is 14.0. The van der Waals surface area contributed by atoms with E-state index in [0.29, 0.717) is 6.54 Å². The monoisotopic (exact) mass is 553 g/mol. The molecule has 2 fully saturated rings. The average molecular weight is 554 g/mol. The fourth-order valence-electron chi connectivity index (χ4n) is 3.80. The minimum absolute atomic E-state index is 0. The standard InChI is InChI=1S/C22H31N7S.HI/c1-2-23-21(28-10-12-29(13-11-28)22-24-8-3-9-25-22)26-18-19-4-6-20(7-5-19)27-14-16-30-17-15-27;/h3-9H,2,10-18H2,1H3,(H,23,26);1H. The van der Waals surface area contributed by atoms with Gasteiger partial charge < -0.3 is 20.0 Å². The van der Waals surface area contributed by atoms with Crippen molar-refractivity contribution in [3.63, 3.8) is 0 Å². The Balaban J connectivity index is 0.00000272. The molecule has 0 unspecified atom stereocenters. The van der Waals surface area contributed by atoms with E-state index in [0.717, 1.165) is 57.7 Å². The van der Waals surface area contributed by atoms with Gasteiger partial charge in [-0.25, -0.2) is 15.0 Å². The first-order valence-electron chi connectivity index (χ1n) is 10.8. The van der Waals surface area contributed by atoms with Crippen molar-refractivity contribution < 1.29 is 0 Å². The van der Waals surface area contributed by atoms with Crippen LogP contribution >= 0.6 is 35.7 Å². The highest BCUT2D eigenvalue weighted by atomic mass is 127. The van der Waals surface area contributed by atoms with E-state index in [2.05, 4.69) is 61.2 Å². The number of aliphatic imine (C=N–C) groups is 1. The summed E-state index contributed by atoms with van der Waals surface area (Å²) in [4.78, 5) is 20.7. The molecule has 4 rings (SSSR count). The van der Waals surface area contributed by atoms with E-state index in [1.165, 1.54) is 22.8 Å². The third-order valence-corrected chi connectivity index (χ3v) is 6.42. The molecule has 31 heavy (non-hydrogen) atoms. The Bertz CT molecular complexity index is 804. The van der Waals surface area contributed by atoms with Crippen molar-refractivity contribution in [3.05, 3.63) is 48.3 Å². The smallest absolute Gasteiger partial charge is 0.225 e. The van der Waals surface area contributed by atoms with Crippen LogP contribution in [0.5, 0.6) is 0 Å². The van der Waals surface area contributed by atoms with Gasteiger partial charge in [0.1, 0.15) is 0 Å². The van der Waals surface area contributed by atoms with E-state index < -0.39 is 0 Å². The highest BCUT2D eigenvalue weighted by Gasteiger charge is 2.21. The van der Waals surface area contributed by atoms with Crippen LogP contribution in [0.4, 0.5) is 11.6 Å². The highest BCUT2D eigenvalue weighted by Crippen LogP contribution is 2.20. The van der Waals surface area contributed by atoms with Crippen LogP contribution in [-0.4, -0.2) is 78.1 Å². The predicted octanol–water partition coefficient (Wildman–Crippen LogP) is 2.94. The summed E-state index contributed by atoms with van der Waals surface area (Å²) in [7, 11) is 0. The number of anilines is 2. The predicted molar refractivity (Wildman–Crippen MR) is 142 cm³/mol. The van der Waals surface area contributed by atoms with Crippen LogP contribution in [0.25, 0.3) is 0 Å². The van der Waals surface area contributed by atoms with Gasteiger partial charge in [-0.15, -0.1) is 24.0 Å². The molecule has 2 aliphatic heterocycles. The number of nitrogens with one attached hydrogen (secondary N) is 1. The number of guanidine groups is 1. The van der Waals surface area contributed by atoms with E-state index in [1.807, 2.05) is 17.8 Å². The summed E-state index contributed by atoms with van der Waals surface area (Å²) < 4.78 is 0. The Morgan fingerprint density at radius 2 is 1.65 bits per heavy atom. The Labute approximate surface area is 206 Å². The summed E-state index contributed by atoms with van der Waals surface area (Å²) in [6, 6.07) is 10.8. The SMILES string of the molecule is CCNC(=NCc1ccc(N2CCSCC2)cc1)N1CCN(c2ncccn2)CC1.I. The Morgan fingerprint density at radius 1 is 0.968 bits per heavy atom. The maximum absolute atomic E-state index is 4.91. The first-order chi connectivity index (χ1) is 14.8. The molecule has 0 saturated carbocycles. The lowest BCUT2D eigenvalue weighted by molar-refractivity contribution is 0.370. The van der Waals surface area contributed by atoms with Crippen molar-refractivity contribution in [3.8, 4) is 0 Å². The van der Waals surface area contributed by atoms with Gasteiger partial charge in [0, 0.05) is 75.4 Å². The minimum atomic E-state index is 0. The molecule has 3 heterocycles. The van der Waals surface area contributed by atoms with Crippen molar-refractivity contribution in [1.82, 2.24) is 20.2 Å². The first-order valence-corrected chi connectivity index (χ1v) is 12.0. The van der Waals surface area contributed by atoms with Gasteiger partial charge in [0.15, 0.2) is 5.96 Å². The molecule has 0 bridgehead atoms. The largest absolute Gasteiger partial charge is 0.370 e. The van der Waals surface area contributed by atoms with E-state index in [9.17, 15) is 0 Å². The van der Waals surface area contributed by atoms with Gasteiger partial charge in [0.05, 0.1) is 6.54 Å². The molecule has 0 amide bonds. The summed E-state index contributed by atoms with van der Waals surface area (Å²) in [5.74, 6) is 4.25. The van der Waals surface area contributed by atoms with Crippen LogP contribution in [0.1, 0.15) is 12.5 Å². The molecule has 1 aromatic carbocycles. The number of hydrogen-bond donors (Lipinski definition) is 1. The first kappa shape index (κ1) is 23.9. The van der Waals surface area contributed by atoms with Crippen molar-refractivity contribution >= 4 is 53.3 Å². The van der Waals surface area contributed by atoms with Crippen LogP contribution < -0.4 is 15.1 Å². The second-order valence-electron chi connectivity index (χ2n) is 7.46. The van der Waals surface area contributed by atoms with E-state index in [-0.39, 0.29) is 24.0 Å². The third kappa shape index (κ3) is 6.61. The number of rotatable bonds is 5. The summed E-state index contributed by atoms with van der Waals surface area (Å²) >= 11 is 2.04. The van der Waals surface area contributed by atoms with Crippen molar-refractivity contribution in [2.75, 3.05) is 67.1 Å². The normalized spacial score (nSPS) is 17.3. The van der Waals surface area contributed by atoms with Gasteiger partial charge in [-0.1, -0.05) is 12.1 Å². The van der Waals surface area contributed by atoms with Gasteiger partial charge >= 0.3 is 0 Å². The Morgan fingerprint density at radius 3 is 2.29 bits per heavy atom. The number of halogens is 1. The molecule has 1 aromatic heterocycles. The quantitative estimate of drug-likeness (QED) is 0.347. The van der Waals surface area contributed by atoms with Crippen molar-refractivity contribution in [1.29, 1.82) is 0 Å². The summed E-state index contributed by atoms with van der Waals surface area (Å²) in [5.41, 5.74) is 2.58. The second-order valence-corrected chi connectivity index (χ2v) is 8.68. The Hall–Kier alpha value is -1.75. The van der Waals surface area contributed by atoms with Crippen LogP contribution in [0.2, 0.25) is 0 Å². The molecule has 168 valence electrons. The fraction of sp³-hybridized carbons (Fsp3) is 0.500. The minimum Gasteiger partial charge on any atom is -0.370 e. The number of nitrogens with zero attached hydrogens (tertiary/aromatic N) is 6. The van der Waals surface area contributed by atoms with Crippen molar-refractivity contribution in [2.24, 2.45) is 4.99 Å². The average Bonchev–Trinajstić information content (AvgIpc) is 2.83. The molecular formula is C22H32IN7S. The third-order valence-electron chi connectivity index (χ3n) is 5.47. The molecule has 0 spiro atoms. The number of hydrogen-bond acceptors (Lipinski definition) is 6. The zero-order valence-corrected chi connectivity index (χ0v) is 21.3. The molecule has 2 aliphatic rings. The van der Waals surface area contributed by atoms with Gasteiger partial charge in [-0.05, 0) is 30.7 Å². The van der Waals surface area contributed by atoms with E-state index in [1.54, 1.807) is 12.4 Å². The zero-order chi connectivity index (χ0) is 20.6. The number of piperazine rings is 1. The van der Waals surface area contributed by atoms with Gasteiger partial charge in [0.25, 0.3) is 0 Å². The topological polar surface area (TPSA) is 59.9 Å². The van der Waals surface area contributed by atoms with Crippen LogP contribution in [0.15, 0.2) is 47.7 Å². The van der Waals surface area contributed by atoms with Crippen molar-refractivity contribution in [2.45, 2.75) is 13.5 Å².